The van der Waals surface area contributed by atoms with Crippen molar-refractivity contribution < 1.29 is 4.79 Å². The minimum Gasteiger partial charge on any atom is -0.380 e. The van der Waals surface area contributed by atoms with E-state index in [1.165, 1.54) is 0 Å². The highest BCUT2D eigenvalue weighted by molar-refractivity contribution is 5.79. The molecule has 31 heavy (non-hydrogen) atoms. The number of piperidine rings is 1. The molecule has 1 aromatic carbocycles. The summed E-state index contributed by atoms with van der Waals surface area (Å²) in [6, 6.07) is 0. The third-order valence-corrected chi connectivity index (χ3v) is 7.88. The van der Waals surface area contributed by atoms with Crippen LogP contribution in [0.1, 0.15) is 52.4 Å². The Labute approximate surface area is 185 Å². The van der Waals surface area contributed by atoms with E-state index < -0.39 is 0 Å². The highest BCUT2D eigenvalue weighted by Crippen LogP contribution is 2.32. The van der Waals surface area contributed by atoms with Crippen LogP contribution in [0.3, 0.4) is 0 Å². The van der Waals surface area contributed by atoms with Gasteiger partial charge < -0.3 is 20.0 Å². The smallest absolute Gasteiger partial charge is 0.253 e. The van der Waals surface area contributed by atoms with Crippen LogP contribution in [0.5, 0.6) is 0 Å². The molecule has 3 fully saturated rings. The third-order valence-electron chi connectivity index (χ3n) is 7.88. The maximum atomic E-state index is 12.9. The Hall–Kier alpha value is -1.89. The van der Waals surface area contributed by atoms with Crippen molar-refractivity contribution in [2.75, 3.05) is 62.6 Å². The lowest BCUT2D eigenvalue weighted by Gasteiger charge is -2.37. The van der Waals surface area contributed by atoms with Gasteiger partial charge in [-0.1, -0.05) is 13.8 Å². The van der Waals surface area contributed by atoms with Crippen LogP contribution >= 0.6 is 0 Å². The second-order valence-corrected chi connectivity index (χ2v) is 9.91. The summed E-state index contributed by atoms with van der Waals surface area (Å²) in [5.41, 5.74) is 0.469. The average molecular weight is 431 g/mol. The fourth-order valence-electron chi connectivity index (χ4n) is 5.48. The molecule has 4 rings (SSSR count). The summed E-state index contributed by atoms with van der Waals surface area (Å²) < 4.78 is 0. The molecule has 2 saturated heterocycles. The molecule has 0 aromatic heterocycles. The Morgan fingerprint density at radius 2 is 1.55 bits per heavy atom. The molecule has 0 atom stereocenters. The Kier molecular flexibility index (Phi) is 6.99. The quantitative estimate of drug-likeness (QED) is 0.695. The molecular weight excluding hydrogens is 392 g/mol. The molecule has 0 spiro atoms. The van der Waals surface area contributed by atoms with E-state index >= 15 is 0 Å². The van der Waals surface area contributed by atoms with Gasteiger partial charge in [0.05, 0.1) is 0 Å². The topological polar surface area (TPSA) is 73.0 Å². The lowest BCUT2D eigenvalue weighted by Crippen LogP contribution is -2.50. The summed E-state index contributed by atoms with van der Waals surface area (Å²) >= 11 is 0. The number of carbonyl (C=O) groups excluding carboxylic acids is 1. The van der Waals surface area contributed by atoms with Crippen LogP contribution in [-0.4, -0.2) is 68.1 Å². The molecule has 2 heterocycles. The van der Waals surface area contributed by atoms with E-state index in [0.717, 1.165) is 90.9 Å². The van der Waals surface area contributed by atoms with Crippen LogP contribution in [0.15, 0.2) is 9.59 Å². The van der Waals surface area contributed by atoms with Crippen molar-refractivity contribution in [1.29, 1.82) is 0 Å². The number of rotatable bonds is 6. The van der Waals surface area contributed by atoms with Gasteiger partial charge >= 0.3 is 0 Å². The predicted octanol–water partition coefficient (Wildman–Crippen LogP) is 1.90. The van der Waals surface area contributed by atoms with Crippen molar-refractivity contribution in [3.8, 4) is 0 Å². The summed E-state index contributed by atoms with van der Waals surface area (Å²) in [6.07, 6.45) is 6.02. The van der Waals surface area contributed by atoms with Crippen molar-refractivity contribution in [3.63, 3.8) is 0 Å². The maximum absolute atomic E-state index is 12.9. The zero-order valence-electron chi connectivity index (χ0n) is 19.2. The molecule has 0 radical (unpaired) electrons. The van der Waals surface area contributed by atoms with Gasteiger partial charge in [-0.25, -0.2) is 0 Å². The van der Waals surface area contributed by atoms with E-state index in [1.807, 2.05) is 0 Å². The van der Waals surface area contributed by atoms with E-state index in [-0.39, 0.29) is 16.8 Å². The summed E-state index contributed by atoms with van der Waals surface area (Å²) in [7, 11) is 0. The van der Waals surface area contributed by atoms with Crippen molar-refractivity contribution in [2.45, 2.75) is 52.4 Å². The average Bonchev–Trinajstić information content (AvgIpc) is 2.82. The molecule has 0 unspecified atom stereocenters. The van der Waals surface area contributed by atoms with Gasteiger partial charge in [-0.15, -0.1) is 0 Å². The zero-order valence-corrected chi connectivity index (χ0v) is 19.2. The molecule has 3 aliphatic rings. The second kappa shape index (κ2) is 9.72. The zero-order chi connectivity index (χ0) is 22.0. The molecular formula is C24H38N4O3. The molecule has 1 N–H and O–H groups in total. The van der Waals surface area contributed by atoms with Crippen molar-refractivity contribution in [2.24, 2.45) is 17.8 Å². The Morgan fingerprint density at radius 3 is 2.16 bits per heavy atom. The van der Waals surface area contributed by atoms with Crippen LogP contribution in [0.25, 0.3) is 0 Å². The van der Waals surface area contributed by atoms with Crippen LogP contribution in [0.2, 0.25) is 0 Å². The number of nitrogens with one attached hydrogen (secondary N) is 1. The van der Waals surface area contributed by atoms with Gasteiger partial charge in [0.2, 0.25) is 5.91 Å². The summed E-state index contributed by atoms with van der Waals surface area (Å²) in [6.45, 7) is 11.6. The fraction of sp³-hybridized carbons (Fsp3) is 0.792. The van der Waals surface area contributed by atoms with Crippen molar-refractivity contribution in [3.05, 3.63) is 20.4 Å². The second-order valence-electron chi connectivity index (χ2n) is 9.91. The van der Waals surface area contributed by atoms with Crippen molar-refractivity contribution in [1.82, 2.24) is 9.80 Å². The maximum Gasteiger partial charge on any atom is 0.253 e. The first kappa shape index (κ1) is 22.3. The molecule has 1 amide bonds. The number of hydrogen-bond donors (Lipinski definition) is 1. The first-order valence-electron chi connectivity index (χ1n) is 12.3. The van der Waals surface area contributed by atoms with E-state index in [0.29, 0.717) is 29.1 Å². The SMILES string of the molecule is CCN1CCN(C(=O)C2CCC(CNc3c(N4CCC(C)CC4)c(=O)c3=O)CC2)CC1. The van der Waals surface area contributed by atoms with Gasteiger partial charge in [0.1, 0.15) is 11.4 Å². The standard InChI is InChI=1S/C24H38N4O3/c1-3-26-12-14-28(15-13-26)24(31)19-6-4-18(5-7-19)16-25-20-21(23(30)22(20)29)27-10-8-17(2)9-11-27/h17-19,25H,3-16H2,1-2H3. The predicted molar refractivity (Wildman–Crippen MR) is 125 cm³/mol. The number of hydrogen-bond acceptors (Lipinski definition) is 6. The highest BCUT2D eigenvalue weighted by Gasteiger charge is 2.32. The van der Waals surface area contributed by atoms with Crippen molar-refractivity contribution >= 4 is 17.3 Å². The molecule has 1 aromatic rings. The largest absolute Gasteiger partial charge is 0.380 e. The normalized spacial score (nSPS) is 26.4. The number of nitrogens with zero attached hydrogens (tertiary/aromatic N) is 3. The summed E-state index contributed by atoms with van der Waals surface area (Å²) in [4.78, 5) is 43.8. The molecule has 7 nitrogen and oxygen atoms in total. The Balaban J connectivity index is 1.24. The van der Waals surface area contributed by atoms with E-state index in [4.69, 9.17) is 0 Å². The van der Waals surface area contributed by atoms with Gasteiger partial charge in [-0.2, -0.15) is 0 Å². The minimum absolute atomic E-state index is 0.154. The van der Waals surface area contributed by atoms with Crippen LogP contribution < -0.4 is 21.1 Å². The summed E-state index contributed by atoms with van der Waals surface area (Å²) in [5.74, 6) is 1.64. The number of likely N-dealkylation sites (N-methyl/N-ethyl adjacent to an activating group) is 1. The first-order valence-corrected chi connectivity index (χ1v) is 12.3. The van der Waals surface area contributed by atoms with Gasteiger partial charge in [0.25, 0.3) is 10.9 Å². The highest BCUT2D eigenvalue weighted by atomic mass is 16.2. The fourth-order valence-corrected chi connectivity index (χ4v) is 5.48. The molecule has 0 bridgehead atoms. The van der Waals surface area contributed by atoms with Gasteiger partial charge in [-0.05, 0) is 56.9 Å². The Morgan fingerprint density at radius 1 is 0.903 bits per heavy atom. The number of anilines is 2. The third kappa shape index (κ3) is 4.81. The van der Waals surface area contributed by atoms with E-state index in [1.54, 1.807) is 0 Å². The van der Waals surface area contributed by atoms with Crippen LogP contribution in [0.4, 0.5) is 11.4 Å². The van der Waals surface area contributed by atoms with Gasteiger partial charge in [0.15, 0.2) is 0 Å². The molecule has 172 valence electrons. The van der Waals surface area contributed by atoms with Gasteiger partial charge in [-0.3, -0.25) is 14.4 Å². The van der Waals surface area contributed by atoms with Gasteiger partial charge in [0, 0.05) is 51.7 Å². The van der Waals surface area contributed by atoms with E-state index in [9.17, 15) is 14.4 Å². The number of piperazine rings is 1. The minimum atomic E-state index is -0.358. The molecule has 7 heteroatoms. The monoisotopic (exact) mass is 430 g/mol. The molecule has 2 aliphatic heterocycles. The lowest BCUT2D eigenvalue weighted by atomic mass is 9.81. The van der Waals surface area contributed by atoms with Crippen LogP contribution in [0, 0.1) is 17.8 Å². The van der Waals surface area contributed by atoms with Crippen LogP contribution in [-0.2, 0) is 4.79 Å². The summed E-state index contributed by atoms with van der Waals surface area (Å²) in [5, 5.41) is 3.31. The Bertz CT molecular complexity index is 822. The number of carbonyl (C=O) groups is 1. The van der Waals surface area contributed by atoms with E-state index in [2.05, 4.69) is 33.9 Å². The lowest BCUT2D eigenvalue weighted by molar-refractivity contribution is -0.138. The number of amides is 1. The molecule has 1 aliphatic carbocycles. The first-order chi connectivity index (χ1) is 15.0. The molecule has 1 saturated carbocycles.